The highest BCUT2D eigenvalue weighted by molar-refractivity contribution is 5.83. The predicted octanol–water partition coefficient (Wildman–Crippen LogP) is 0.357. The van der Waals surface area contributed by atoms with Gasteiger partial charge in [-0.15, -0.1) is 0 Å². The van der Waals surface area contributed by atoms with E-state index in [2.05, 4.69) is 10.3 Å². The van der Waals surface area contributed by atoms with Crippen LogP contribution < -0.4 is 14.8 Å². The molecule has 1 amide bonds. The average molecular weight is 208 g/mol. The van der Waals surface area contributed by atoms with Gasteiger partial charge in [0.05, 0.1) is 13.3 Å². The molecule has 1 aliphatic rings. The molecule has 0 bridgehead atoms. The summed E-state index contributed by atoms with van der Waals surface area (Å²) in [5.74, 6) is 1.04. The Hall–Kier alpha value is -1.78. The van der Waals surface area contributed by atoms with Gasteiger partial charge in [0.2, 0.25) is 5.88 Å². The second kappa shape index (κ2) is 4.16. The van der Waals surface area contributed by atoms with Crippen molar-refractivity contribution in [2.45, 2.75) is 12.5 Å². The maximum Gasteiger partial charge on any atom is 0.261 e. The number of aromatic nitrogens is 1. The Kier molecular flexibility index (Phi) is 2.71. The zero-order valence-electron chi connectivity index (χ0n) is 8.40. The summed E-state index contributed by atoms with van der Waals surface area (Å²) in [6.45, 7) is 0.674. The van der Waals surface area contributed by atoms with Gasteiger partial charge in [0.1, 0.15) is 5.75 Å². The Bertz CT molecular complexity index is 350. The van der Waals surface area contributed by atoms with E-state index in [1.165, 1.54) is 0 Å². The fraction of sp³-hybridized carbons (Fsp3) is 0.400. The lowest BCUT2D eigenvalue weighted by Crippen LogP contribution is -2.27. The van der Waals surface area contributed by atoms with Gasteiger partial charge >= 0.3 is 0 Å². The number of rotatable bonds is 3. The maximum absolute atomic E-state index is 11.2. The monoisotopic (exact) mass is 208 g/mol. The van der Waals surface area contributed by atoms with E-state index in [0.29, 0.717) is 24.6 Å². The van der Waals surface area contributed by atoms with Crippen molar-refractivity contribution >= 4 is 5.91 Å². The summed E-state index contributed by atoms with van der Waals surface area (Å²) in [4.78, 5) is 15.2. The first-order valence-corrected chi connectivity index (χ1v) is 4.74. The molecule has 0 saturated carbocycles. The van der Waals surface area contributed by atoms with Crippen LogP contribution in [-0.4, -0.2) is 30.6 Å². The third kappa shape index (κ3) is 2.18. The van der Waals surface area contributed by atoms with Crippen LogP contribution in [0.25, 0.3) is 0 Å². The third-order valence-electron chi connectivity index (χ3n) is 2.19. The molecule has 5 nitrogen and oxygen atoms in total. The maximum atomic E-state index is 11.2. The van der Waals surface area contributed by atoms with Gasteiger partial charge < -0.3 is 14.8 Å². The Morgan fingerprint density at radius 2 is 2.40 bits per heavy atom. The van der Waals surface area contributed by atoms with E-state index in [4.69, 9.17) is 9.47 Å². The minimum atomic E-state index is -0.389. The van der Waals surface area contributed by atoms with Gasteiger partial charge in [-0.25, -0.2) is 4.98 Å². The number of nitrogens with one attached hydrogen (secondary N) is 1. The summed E-state index contributed by atoms with van der Waals surface area (Å²) in [7, 11) is 1.55. The van der Waals surface area contributed by atoms with Crippen LogP contribution in [0.15, 0.2) is 18.3 Å². The van der Waals surface area contributed by atoms with Crippen LogP contribution in [-0.2, 0) is 4.79 Å². The summed E-state index contributed by atoms with van der Waals surface area (Å²) in [5, 5.41) is 2.70. The minimum Gasteiger partial charge on any atom is -0.481 e. The molecule has 0 radical (unpaired) electrons. The SMILES string of the molecule is COc1ccc(OC2CCNC2=O)cn1. The van der Waals surface area contributed by atoms with E-state index in [-0.39, 0.29) is 12.0 Å². The Labute approximate surface area is 87.4 Å². The van der Waals surface area contributed by atoms with Gasteiger partial charge in [-0.2, -0.15) is 0 Å². The number of methoxy groups -OCH3 is 1. The smallest absolute Gasteiger partial charge is 0.261 e. The number of amides is 1. The molecule has 1 aromatic heterocycles. The van der Waals surface area contributed by atoms with E-state index in [0.717, 1.165) is 0 Å². The number of hydrogen-bond acceptors (Lipinski definition) is 4. The van der Waals surface area contributed by atoms with Crippen LogP contribution >= 0.6 is 0 Å². The molecular weight excluding hydrogens is 196 g/mol. The first-order valence-electron chi connectivity index (χ1n) is 4.74. The van der Waals surface area contributed by atoms with Gasteiger partial charge in [0, 0.05) is 19.0 Å². The topological polar surface area (TPSA) is 60.5 Å². The Morgan fingerprint density at radius 1 is 1.53 bits per heavy atom. The molecule has 0 spiro atoms. The molecule has 1 aromatic rings. The quantitative estimate of drug-likeness (QED) is 0.779. The minimum absolute atomic E-state index is 0.0641. The number of pyridine rings is 1. The van der Waals surface area contributed by atoms with E-state index in [1.54, 1.807) is 25.4 Å². The van der Waals surface area contributed by atoms with Crippen molar-refractivity contribution in [3.05, 3.63) is 18.3 Å². The van der Waals surface area contributed by atoms with E-state index in [1.807, 2.05) is 0 Å². The normalized spacial score (nSPS) is 19.8. The summed E-state index contributed by atoms with van der Waals surface area (Å²) in [6, 6.07) is 3.43. The van der Waals surface area contributed by atoms with Crippen LogP contribution in [0.2, 0.25) is 0 Å². The number of carbonyl (C=O) groups excluding carboxylic acids is 1. The number of ether oxygens (including phenoxy) is 2. The van der Waals surface area contributed by atoms with Crippen LogP contribution in [0.4, 0.5) is 0 Å². The van der Waals surface area contributed by atoms with Crippen LogP contribution in [0.1, 0.15) is 6.42 Å². The van der Waals surface area contributed by atoms with Crippen molar-refractivity contribution in [3.63, 3.8) is 0 Å². The number of carbonyl (C=O) groups is 1. The Balaban J connectivity index is 2.01. The van der Waals surface area contributed by atoms with E-state index >= 15 is 0 Å². The molecule has 2 rings (SSSR count). The molecule has 2 heterocycles. The van der Waals surface area contributed by atoms with Gasteiger partial charge in [-0.05, 0) is 6.07 Å². The number of nitrogens with zero attached hydrogens (tertiary/aromatic N) is 1. The highest BCUT2D eigenvalue weighted by Gasteiger charge is 2.25. The van der Waals surface area contributed by atoms with Crippen LogP contribution in [0, 0.1) is 0 Å². The fourth-order valence-electron chi connectivity index (χ4n) is 1.41. The highest BCUT2D eigenvalue weighted by atomic mass is 16.5. The standard InChI is InChI=1S/C10H12N2O3/c1-14-9-3-2-7(6-12-9)15-8-4-5-11-10(8)13/h2-3,6,8H,4-5H2,1H3,(H,11,13). The second-order valence-electron chi connectivity index (χ2n) is 3.22. The predicted molar refractivity (Wildman–Crippen MR) is 52.8 cm³/mol. The largest absolute Gasteiger partial charge is 0.481 e. The van der Waals surface area contributed by atoms with Crippen LogP contribution in [0.3, 0.4) is 0 Å². The lowest BCUT2D eigenvalue weighted by molar-refractivity contribution is -0.124. The lowest BCUT2D eigenvalue weighted by Gasteiger charge is -2.10. The first kappa shape index (κ1) is 9.76. The fourth-order valence-corrected chi connectivity index (χ4v) is 1.41. The summed E-state index contributed by atoms with van der Waals surface area (Å²) in [5.41, 5.74) is 0. The highest BCUT2D eigenvalue weighted by Crippen LogP contribution is 2.16. The van der Waals surface area contributed by atoms with Crippen molar-refractivity contribution in [1.29, 1.82) is 0 Å². The van der Waals surface area contributed by atoms with Crippen molar-refractivity contribution in [2.24, 2.45) is 0 Å². The lowest BCUT2D eigenvalue weighted by atomic mass is 10.3. The molecule has 0 aliphatic carbocycles. The summed E-state index contributed by atoms with van der Waals surface area (Å²) in [6.07, 6.45) is 1.86. The summed E-state index contributed by atoms with van der Waals surface area (Å²) < 4.78 is 10.4. The molecule has 1 N–H and O–H groups in total. The van der Waals surface area contributed by atoms with E-state index in [9.17, 15) is 4.79 Å². The third-order valence-corrected chi connectivity index (χ3v) is 2.19. The van der Waals surface area contributed by atoms with Gasteiger partial charge in [0.15, 0.2) is 6.10 Å². The van der Waals surface area contributed by atoms with Crippen molar-refractivity contribution < 1.29 is 14.3 Å². The molecule has 1 atom stereocenters. The molecular formula is C10H12N2O3. The van der Waals surface area contributed by atoms with Gasteiger partial charge in [-0.1, -0.05) is 0 Å². The average Bonchev–Trinajstić information content (AvgIpc) is 2.66. The van der Waals surface area contributed by atoms with Crippen LogP contribution in [0.5, 0.6) is 11.6 Å². The van der Waals surface area contributed by atoms with Gasteiger partial charge in [-0.3, -0.25) is 4.79 Å². The summed E-state index contributed by atoms with van der Waals surface area (Å²) >= 11 is 0. The molecule has 1 aliphatic heterocycles. The molecule has 1 saturated heterocycles. The molecule has 1 unspecified atom stereocenters. The molecule has 15 heavy (non-hydrogen) atoms. The number of hydrogen-bond donors (Lipinski definition) is 1. The van der Waals surface area contributed by atoms with Crippen molar-refractivity contribution in [3.8, 4) is 11.6 Å². The van der Waals surface area contributed by atoms with E-state index < -0.39 is 0 Å². The Morgan fingerprint density at radius 3 is 2.93 bits per heavy atom. The van der Waals surface area contributed by atoms with Gasteiger partial charge in [0.25, 0.3) is 5.91 Å². The zero-order valence-corrected chi connectivity index (χ0v) is 8.40. The van der Waals surface area contributed by atoms with Crippen molar-refractivity contribution in [2.75, 3.05) is 13.7 Å². The second-order valence-corrected chi connectivity index (χ2v) is 3.22. The molecule has 0 aromatic carbocycles. The molecule has 80 valence electrons. The zero-order chi connectivity index (χ0) is 10.7. The molecule has 5 heteroatoms. The molecule has 1 fully saturated rings. The van der Waals surface area contributed by atoms with Crippen molar-refractivity contribution in [1.82, 2.24) is 10.3 Å². The first-order chi connectivity index (χ1) is 7.29.